The number of halogens is 1. The Bertz CT molecular complexity index is 761. The van der Waals surface area contributed by atoms with Crippen LogP contribution in [0, 0.1) is 23.7 Å². The maximum atomic E-state index is 12.5. The second kappa shape index (κ2) is 5.73. The van der Waals surface area contributed by atoms with Gasteiger partial charge < -0.3 is 0 Å². The zero-order chi connectivity index (χ0) is 17.1. The molecule has 4 nitrogen and oxygen atoms in total. The summed E-state index contributed by atoms with van der Waals surface area (Å²) in [6, 6.07) is 5.24. The van der Waals surface area contributed by atoms with Crippen molar-refractivity contribution in [3.8, 4) is 0 Å². The first-order valence-corrected chi connectivity index (χ1v) is 10.9. The Morgan fingerprint density at radius 3 is 2.21 bits per heavy atom. The summed E-state index contributed by atoms with van der Waals surface area (Å²) in [6.45, 7) is 0. The molecule has 0 aromatic heterocycles. The molecule has 4 fully saturated rings. The molecule has 1 N–H and O–H groups in total. The Balaban J connectivity index is 1.74. The Kier molecular flexibility index (Phi) is 3.92. The van der Waals surface area contributed by atoms with Gasteiger partial charge in [0, 0.05) is 10.6 Å². The van der Waals surface area contributed by atoms with Gasteiger partial charge in [-0.3, -0.25) is 4.79 Å². The molecule has 1 amide bonds. The van der Waals surface area contributed by atoms with Crippen molar-refractivity contribution in [3.05, 3.63) is 34.3 Å². The van der Waals surface area contributed by atoms with E-state index in [4.69, 9.17) is 11.6 Å². The van der Waals surface area contributed by atoms with Crippen molar-refractivity contribution < 1.29 is 13.2 Å². The van der Waals surface area contributed by atoms with Gasteiger partial charge in [0.05, 0.1) is 6.26 Å². The molecule has 0 radical (unpaired) electrons. The quantitative estimate of drug-likeness (QED) is 0.888. The largest absolute Gasteiger partial charge is 0.268 e. The van der Waals surface area contributed by atoms with Gasteiger partial charge in [-0.1, -0.05) is 17.7 Å². The van der Waals surface area contributed by atoms with E-state index in [9.17, 15) is 13.2 Å². The number of carbonyl (C=O) groups excluding carboxylic acids is 1. The van der Waals surface area contributed by atoms with Crippen LogP contribution in [-0.4, -0.2) is 20.6 Å². The molecule has 0 aliphatic heterocycles. The Labute approximate surface area is 148 Å². The molecule has 0 atom stereocenters. The Morgan fingerprint density at radius 2 is 1.67 bits per heavy atom. The summed E-state index contributed by atoms with van der Waals surface area (Å²) in [4.78, 5) is 12.5. The summed E-state index contributed by atoms with van der Waals surface area (Å²) in [5.41, 5.74) is 1.29. The van der Waals surface area contributed by atoms with E-state index in [0.29, 0.717) is 22.4 Å². The van der Waals surface area contributed by atoms with E-state index in [1.54, 1.807) is 12.1 Å². The number of amides is 1. The first-order chi connectivity index (χ1) is 11.3. The van der Waals surface area contributed by atoms with E-state index >= 15 is 0 Å². The van der Waals surface area contributed by atoms with Crippen molar-refractivity contribution in [1.82, 2.24) is 4.72 Å². The summed E-state index contributed by atoms with van der Waals surface area (Å²) in [5, 5.41) is 0.591. The highest BCUT2D eigenvalue weighted by molar-refractivity contribution is 7.89. The van der Waals surface area contributed by atoms with Crippen LogP contribution < -0.4 is 4.72 Å². The molecule has 1 aromatic carbocycles. The molecule has 1 aromatic rings. The molecule has 24 heavy (non-hydrogen) atoms. The number of nitrogens with one attached hydrogen (secondary N) is 1. The molecular formula is C18H22ClNO3S. The monoisotopic (exact) mass is 367 g/mol. The topological polar surface area (TPSA) is 63.2 Å². The van der Waals surface area contributed by atoms with Crippen molar-refractivity contribution in [3.63, 3.8) is 0 Å². The third-order valence-corrected chi connectivity index (χ3v) is 7.02. The fourth-order valence-corrected chi connectivity index (χ4v) is 6.44. The fourth-order valence-electron chi connectivity index (χ4n) is 5.69. The molecular weight excluding hydrogens is 346 g/mol. The number of benzene rings is 1. The van der Waals surface area contributed by atoms with Crippen molar-refractivity contribution in [2.45, 2.75) is 38.0 Å². The molecule has 0 heterocycles. The van der Waals surface area contributed by atoms with E-state index in [1.807, 2.05) is 6.07 Å². The molecule has 4 bridgehead atoms. The first kappa shape index (κ1) is 16.4. The van der Waals surface area contributed by atoms with Gasteiger partial charge in [0.1, 0.15) is 0 Å². The van der Waals surface area contributed by atoms with Crippen LogP contribution in [0.4, 0.5) is 0 Å². The van der Waals surface area contributed by atoms with Gasteiger partial charge in [0.15, 0.2) is 0 Å². The Hall–Kier alpha value is -1.07. The van der Waals surface area contributed by atoms with Crippen LogP contribution >= 0.6 is 11.6 Å². The number of sulfonamides is 1. The van der Waals surface area contributed by atoms with Gasteiger partial charge in [-0.2, -0.15) is 0 Å². The molecule has 4 aliphatic rings. The van der Waals surface area contributed by atoms with Gasteiger partial charge in [0.2, 0.25) is 10.0 Å². The predicted molar refractivity (Wildman–Crippen MR) is 93.5 cm³/mol. The van der Waals surface area contributed by atoms with E-state index in [0.717, 1.165) is 23.7 Å². The van der Waals surface area contributed by atoms with Gasteiger partial charge in [-0.05, 0) is 79.4 Å². The lowest BCUT2D eigenvalue weighted by Crippen LogP contribution is -2.44. The third kappa shape index (κ3) is 2.86. The number of hydrogen-bond acceptors (Lipinski definition) is 3. The van der Waals surface area contributed by atoms with E-state index < -0.39 is 15.9 Å². The molecule has 4 aliphatic carbocycles. The first-order valence-electron chi connectivity index (χ1n) is 8.62. The van der Waals surface area contributed by atoms with E-state index in [1.165, 1.54) is 32.1 Å². The summed E-state index contributed by atoms with van der Waals surface area (Å²) in [6.07, 6.45) is 7.24. The van der Waals surface area contributed by atoms with Gasteiger partial charge in [0.25, 0.3) is 5.91 Å². The van der Waals surface area contributed by atoms with E-state index in [-0.39, 0.29) is 5.92 Å². The van der Waals surface area contributed by atoms with Crippen LogP contribution in [-0.2, 0) is 10.0 Å². The standard InChI is InChI=1S/C18H22ClNO3S/c1-24(22,23)20-18(21)14-3-2-4-15(19)17(14)16-12-6-10-5-11(8-12)9-13(16)7-10/h2-4,10-13,16H,5-9H2,1H3,(H,20,21). The summed E-state index contributed by atoms with van der Waals surface area (Å²) >= 11 is 6.51. The molecule has 130 valence electrons. The summed E-state index contributed by atoms with van der Waals surface area (Å²) in [5.74, 6) is 2.53. The van der Waals surface area contributed by atoms with Gasteiger partial charge >= 0.3 is 0 Å². The minimum absolute atomic E-state index is 0.284. The molecule has 0 spiro atoms. The van der Waals surface area contributed by atoms with Crippen molar-refractivity contribution >= 4 is 27.5 Å². The molecule has 4 saturated carbocycles. The van der Waals surface area contributed by atoms with Gasteiger partial charge in [-0.25, -0.2) is 13.1 Å². The highest BCUT2D eigenvalue weighted by Gasteiger charge is 2.49. The minimum atomic E-state index is -3.59. The zero-order valence-corrected chi connectivity index (χ0v) is 15.2. The highest BCUT2D eigenvalue weighted by Crippen LogP contribution is 2.60. The van der Waals surface area contributed by atoms with E-state index in [2.05, 4.69) is 4.72 Å². The molecule has 0 saturated heterocycles. The minimum Gasteiger partial charge on any atom is -0.268 e. The highest BCUT2D eigenvalue weighted by atomic mass is 35.5. The van der Waals surface area contributed by atoms with Crippen molar-refractivity contribution in [2.24, 2.45) is 23.7 Å². The van der Waals surface area contributed by atoms with Crippen LogP contribution in [0.5, 0.6) is 0 Å². The number of carbonyl (C=O) groups is 1. The van der Waals surface area contributed by atoms with Gasteiger partial charge in [-0.15, -0.1) is 0 Å². The number of rotatable bonds is 3. The predicted octanol–water partition coefficient (Wildman–Crippen LogP) is 3.57. The molecule has 5 rings (SSSR count). The van der Waals surface area contributed by atoms with Crippen LogP contribution in [0.1, 0.15) is 53.9 Å². The second-order valence-electron chi connectivity index (χ2n) is 7.86. The maximum absolute atomic E-state index is 12.5. The summed E-state index contributed by atoms with van der Waals surface area (Å²) < 4.78 is 25.0. The van der Waals surface area contributed by atoms with Crippen LogP contribution in [0.3, 0.4) is 0 Å². The average Bonchev–Trinajstić information content (AvgIpc) is 2.45. The van der Waals surface area contributed by atoms with Crippen LogP contribution in [0.2, 0.25) is 5.02 Å². The SMILES string of the molecule is CS(=O)(=O)NC(=O)c1cccc(Cl)c1C1C2CC3CC(C2)CC1C3. The lowest BCUT2D eigenvalue weighted by Gasteiger charge is -2.55. The fraction of sp³-hybridized carbons (Fsp3) is 0.611. The summed E-state index contributed by atoms with van der Waals surface area (Å²) in [7, 11) is -3.59. The maximum Gasteiger partial charge on any atom is 0.265 e. The normalized spacial score (nSPS) is 34.3. The lowest BCUT2D eigenvalue weighted by molar-refractivity contribution is -0.00295. The molecule has 0 unspecified atom stereocenters. The average molecular weight is 368 g/mol. The van der Waals surface area contributed by atoms with Crippen molar-refractivity contribution in [1.29, 1.82) is 0 Å². The van der Waals surface area contributed by atoms with Crippen LogP contribution in [0.25, 0.3) is 0 Å². The smallest absolute Gasteiger partial charge is 0.265 e. The lowest BCUT2D eigenvalue weighted by atomic mass is 9.50. The molecule has 6 heteroatoms. The van der Waals surface area contributed by atoms with Crippen LogP contribution in [0.15, 0.2) is 18.2 Å². The number of hydrogen-bond donors (Lipinski definition) is 1. The Morgan fingerprint density at radius 1 is 1.08 bits per heavy atom. The second-order valence-corrected chi connectivity index (χ2v) is 10.0. The zero-order valence-electron chi connectivity index (χ0n) is 13.7. The third-order valence-electron chi connectivity index (χ3n) is 6.14. The van der Waals surface area contributed by atoms with Crippen molar-refractivity contribution in [2.75, 3.05) is 6.26 Å².